The fourth-order valence-electron chi connectivity index (χ4n) is 2.57. The summed E-state index contributed by atoms with van der Waals surface area (Å²) in [5, 5.41) is 0. The second-order valence-electron chi connectivity index (χ2n) is 5.94. The lowest BCUT2D eigenvalue weighted by Gasteiger charge is -2.32. The molecule has 0 saturated carbocycles. The molecular weight excluding hydrogens is 306 g/mol. The van der Waals surface area contributed by atoms with E-state index in [1.165, 1.54) is 0 Å². The molecule has 1 amide bonds. The van der Waals surface area contributed by atoms with Crippen molar-refractivity contribution >= 4 is 11.7 Å². The minimum atomic E-state index is -0.228. The maximum absolute atomic E-state index is 12.6. The van der Waals surface area contributed by atoms with E-state index in [0.717, 1.165) is 11.5 Å². The lowest BCUT2D eigenvalue weighted by atomic mass is 10.1. The van der Waals surface area contributed by atoms with Crippen LogP contribution >= 0.6 is 0 Å². The van der Waals surface area contributed by atoms with Crippen LogP contribution in [0.5, 0.6) is 0 Å². The van der Waals surface area contributed by atoms with Crippen molar-refractivity contribution in [2.75, 3.05) is 38.7 Å². The van der Waals surface area contributed by atoms with Crippen molar-refractivity contribution in [2.45, 2.75) is 13.0 Å². The van der Waals surface area contributed by atoms with Crippen LogP contribution in [0.3, 0.4) is 0 Å². The maximum atomic E-state index is 12.6. The van der Waals surface area contributed by atoms with Crippen LogP contribution in [0.4, 0.5) is 5.82 Å². The molecular formula is C17H21N5O2. The van der Waals surface area contributed by atoms with Crippen molar-refractivity contribution in [3.63, 3.8) is 0 Å². The number of ether oxygens (including phenoxy) is 1. The van der Waals surface area contributed by atoms with Gasteiger partial charge in [0.25, 0.3) is 5.91 Å². The summed E-state index contributed by atoms with van der Waals surface area (Å²) < 4.78 is 5.83. The van der Waals surface area contributed by atoms with Gasteiger partial charge in [-0.25, -0.2) is 15.0 Å². The zero-order valence-electron chi connectivity index (χ0n) is 14.1. The summed E-state index contributed by atoms with van der Waals surface area (Å²) in [6.07, 6.45) is 2.91. The number of amides is 1. The number of anilines is 1. The van der Waals surface area contributed by atoms with Crippen molar-refractivity contribution in [1.29, 1.82) is 0 Å². The SMILES string of the molecule is Cc1ncc(C(=O)N2CCO[C@@H](c3cccc(N(C)C)n3)C2)cn1. The van der Waals surface area contributed by atoms with Crippen LogP contribution in [0.15, 0.2) is 30.6 Å². The first-order valence-electron chi connectivity index (χ1n) is 7.88. The Morgan fingerprint density at radius 3 is 2.75 bits per heavy atom. The van der Waals surface area contributed by atoms with Gasteiger partial charge in [0.05, 0.1) is 24.4 Å². The fourth-order valence-corrected chi connectivity index (χ4v) is 2.57. The first-order valence-corrected chi connectivity index (χ1v) is 7.88. The summed E-state index contributed by atoms with van der Waals surface area (Å²) in [5.74, 6) is 1.44. The highest BCUT2D eigenvalue weighted by molar-refractivity contribution is 5.93. The number of aromatic nitrogens is 3. The van der Waals surface area contributed by atoms with Crippen LogP contribution in [-0.4, -0.2) is 59.6 Å². The second-order valence-corrected chi connectivity index (χ2v) is 5.94. The average molecular weight is 327 g/mol. The Kier molecular flexibility index (Phi) is 4.71. The molecule has 7 nitrogen and oxygen atoms in total. The minimum absolute atomic E-state index is 0.0768. The molecule has 0 aliphatic carbocycles. The van der Waals surface area contributed by atoms with Gasteiger partial charge >= 0.3 is 0 Å². The molecule has 1 atom stereocenters. The van der Waals surface area contributed by atoms with Gasteiger partial charge < -0.3 is 14.5 Å². The summed E-state index contributed by atoms with van der Waals surface area (Å²) in [6.45, 7) is 3.30. The van der Waals surface area contributed by atoms with Gasteiger partial charge in [0, 0.05) is 33.0 Å². The summed E-state index contributed by atoms with van der Waals surface area (Å²) in [6, 6.07) is 5.83. The molecule has 1 fully saturated rings. The van der Waals surface area contributed by atoms with Crippen LogP contribution < -0.4 is 4.90 Å². The van der Waals surface area contributed by atoms with Crippen LogP contribution in [0, 0.1) is 6.92 Å². The van der Waals surface area contributed by atoms with Crippen LogP contribution in [0.25, 0.3) is 0 Å². The highest BCUT2D eigenvalue weighted by Gasteiger charge is 2.27. The molecule has 0 aromatic carbocycles. The number of hydrogen-bond donors (Lipinski definition) is 0. The van der Waals surface area contributed by atoms with Crippen molar-refractivity contribution in [3.05, 3.63) is 47.7 Å². The third kappa shape index (κ3) is 3.51. The third-order valence-corrected chi connectivity index (χ3v) is 3.93. The molecule has 1 saturated heterocycles. The van der Waals surface area contributed by atoms with E-state index in [4.69, 9.17) is 4.74 Å². The largest absolute Gasteiger partial charge is 0.368 e. The Morgan fingerprint density at radius 1 is 1.29 bits per heavy atom. The number of hydrogen-bond acceptors (Lipinski definition) is 6. The molecule has 0 spiro atoms. The number of carbonyl (C=O) groups is 1. The minimum Gasteiger partial charge on any atom is -0.368 e. The number of rotatable bonds is 3. The van der Waals surface area contributed by atoms with Crippen molar-refractivity contribution in [2.24, 2.45) is 0 Å². The topological polar surface area (TPSA) is 71.5 Å². The number of carbonyl (C=O) groups excluding carboxylic acids is 1. The zero-order valence-corrected chi connectivity index (χ0v) is 14.1. The van der Waals surface area contributed by atoms with E-state index in [0.29, 0.717) is 31.1 Å². The standard InChI is InChI=1S/C17H21N5O2/c1-12-18-9-13(10-19-12)17(23)22-7-8-24-15(11-22)14-5-4-6-16(20-14)21(2)3/h4-6,9-10,15H,7-8,11H2,1-3H3/t15-/m1/s1. The number of nitrogens with zero attached hydrogens (tertiary/aromatic N) is 5. The maximum Gasteiger partial charge on any atom is 0.257 e. The molecule has 0 radical (unpaired) electrons. The van der Waals surface area contributed by atoms with E-state index in [1.54, 1.807) is 24.2 Å². The Bertz CT molecular complexity index is 717. The smallest absolute Gasteiger partial charge is 0.257 e. The molecule has 3 heterocycles. The van der Waals surface area contributed by atoms with Crippen LogP contribution in [0.1, 0.15) is 28.0 Å². The number of pyridine rings is 1. The molecule has 0 N–H and O–H groups in total. The van der Waals surface area contributed by atoms with E-state index in [2.05, 4.69) is 15.0 Å². The lowest BCUT2D eigenvalue weighted by Crippen LogP contribution is -2.42. The highest BCUT2D eigenvalue weighted by Crippen LogP contribution is 2.23. The Labute approximate surface area is 141 Å². The van der Waals surface area contributed by atoms with Gasteiger partial charge in [0.1, 0.15) is 17.7 Å². The average Bonchev–Trinajstić information content (AvgIpc) is 2.62. The number of aryl methyl sites for hydroxylation is 1. The van der Waals surface area contributed by atoms with Gasteiger partial charge in [-0.3, -0.25) is 4.79 Å². The van der Waals surface area contributed by atoms with E-state index < -0.39 is 0 Å². The fraction of sp³-hybridized carbons (Fsp3) is 0.412. The highest BCUT2D eigenvalue weighted by atomic mass is 16.5. The van der Waals surface area contributed by atoms with Crippen LogP contribution in [-0.2, 0) is 4.74 Å². The molecule has 2 aromatic heterocycles. The Morgan fingerprint density at radius 2 is 2.04 bits per heavy atom. The van der Waals surface area contributed by atoms with Crippen molar-refractivity contribution in [1.82, 2.24) is 19.9 Å². The molecule has 2 aromatic rings. The summed E-state index contributed by atoms with van der Waals surface area (Å²) in [4.78, 5) is 29.1. The van der Waals surface area contributed by atoms with E-state index in [-0.39, 0.29) is 12.0 Å². The molecule has 7 heteroatoms. The Balaban J connectivity index is 1.75. The molecule has 1 aliphatic heterocycles. The quantitative estimate of drug-likeness (QED) is 0.850. The first kappa shape index (κ1) is 16.3. The van der Waals surface area contributed by atoms with Crippen molar-refractivity contribution < 1.29 is 9.53 Å². The molecule has 0 bridgehead atoms. The monoisotopic (exact) mass is 327 g/mol. The van der Waals surface area contributed by atoms with Gasteiger partial charge in [-0.15, -0.1) is 0 Å². The Hall–Kier alpha value is -2.54. The van der Waals surface area contributed by atoms with E-state index >= 15 is 0 Å². The molecule has 126 valence electrons. The number of morpholine rings is 1. The molecule has 0 unspecified atom stereocenters. The van der Waals surface area contributed by atoms with Gasteiger partial charge in [0.2, 0.25) is 0 Å². The molecule has 3 rings (SSSR count). The zero-order chi connectivity index (χ0) is 17.1. The molecule has 1 aliphatic rings. The van der Waals surface area contributed by atoms with Gasteiger partial charge in [-0.05, 0) is 19.1 Å². The second kappa shape index (κ2) is 6.92. The first-order chi connectivity index (χ1) is 11.5. The molecule has 24 heavy (non-hydrogen) atoms. The predicted molar refractivity (Wildman–Crippen MR) is 89.9 cm³/mol. The summed E-state index contributed by atoms with van der Waals surface area (Å²) in [5.41, 5.74) is 1.33. The van der Waals surface area contributed by atoms with Gasteiger partial charge in [-0.2, -0.15) is 0 Å². The van der Waals surface area contributed by atoms with Gasteiger partial charge in [0.15, 0.2) is 0 Å². The van der Waals surface area contributed by atoms with Gasteiger partial charge in [-0.1, -0.05) is 6.07 Å². The lowest BCUT2D eigenvalue weighted by molar-refractivity contribution is -0.0247. The summed E-state index contributed by atoms with van der Waals surface area (Å²) in [7, 11) is 3.89. The summed E-state index contributed by atoms with van der Waals surface area (Å²) >= 11 is 0. The van der Waals surface area contributed by atoms with Crippen molar-refractivity contribution in [3.8, 4) is 0 Å². The third-order valence-electron chi connectivity index (χ3n) is 3.93. The van der Waals surface area contributed by atoms with Crippen LogP contribution in [0.2, 0.25) is 0 Å². The van der Waals surface area contributed by atoms with E-state index in [1.807, 2.05) is 37.2 Å². The van der Waals surface area contributed by atoms with E-state index in [9.17, 15) is 4.79 Å². The normalized spacial score (nSPS) is 17.6. The predicted octanol–water partition coefficient (Wildman–Crippen LogP) is 1.46.